The van der Waals surface area contributed by atoms with Crippen molar-refractivity contribution in [1.82, 2.24) is 25.7 Å². The Morgan fingerprint density at radius 1 is 1.11 bits per heavy atom. The van der Waals surface area contributed by atoms with E-state index < -0.39 is 5.91 Å². The maximum Gasteiger partial charge on any atom is 0.287 e. The lowest BCUT2D eigenvalue weighted by molar-refractivity contribution is -0.123. The number of hydrogen-bond acceptors (Lipinski definition) is 5. The van der Waals surface area contributed by atoms with Gasteiger partial charge in [-0.3, -0.25) is 14.3 Å². The predicted octanol–water partition coefficient (Wildman–Crippen LogP) is 5.60. The molecule has 2 fully saturated rings. The summed E-state index contributed by atoms with van der Waals surface area (Å²) in [5, 5.41) is 15.0. The lowest BCUT2D eigenvalue weighted by Gasteiger charge is -2.38. The minimum atomic E-state index is -0.422. The van der Waals surface area contributed by atoms with Crippen molar-refractivity contribution < 1.29 is 14.0 Å². The third-order valence-corrected chi connectivity index (χ3v) is 8.60. The molecule has 3 aromatic rings. The highest BCUT2D eigenvalue weighted by Crippen LogP contribution is 2.36. The molecule has 2 aromatic heterocycles. The Morgan fingerprint density at radius 2 is 1.89 bits per heavy atom. The van der Waals surface area contributed by atoms with E-state index in [0.29, 0.717) is 45.7 Å². The Bertz CT molecular complexity index is 1330. The molecule has 3 atom stereocenters. The highest BCUT2D eigenvalue weighted by molar-refractivity contribution is 6.42. The standard InChI is InChI=1S/C26H27Cl4N5O3/c1-35-24(20(29)11-32-35)17-10-22(38-25(17)30)26(37)34-21-12-31-15(9-23(36)33-14-3-2-4-14)8-16(21)13-5-6-18(27)19(28)7-13/h5-7,10-11,14-16,21,31H,2-4,8-9,12H2,1H3,(H,33,36)(H,34,37)/t15-,16-,21+/m0/s1. The zero-order valence-corrected chi connectivity index (χ0v) is 23.6. The molecule has 38 heavy (non-hydrogen) atoms. The number of carbonyl (C=O) groups is 2. The van der Waals surface area contributed by atoms with Crippen molar-refractivity contribution in [3.05, 3.63) is 62.1 Å². The van der Waals surface area contributed by atoms with Crippen LogP contribution in [0.2, 0.25) is 20.3 Å². The van der Waals surface area contributed by atoms with Crippen LogP contribution in [0.15, 0.2) is 34.9 Å². The van der Waals surface area contributed by atoms with Gasteiger partial charge in [-0.05, 0) is 55.0 Å². The minimum absolute atomic E-state index is 0.0363. The van der Waals surface area contributed by atoms with Crippen LogP contribution in [-0.4, -0.2) is 46.3 Å². The topological polar surface area (TPSA) is 101 Å². The summed E-state index contributed by atoms with van der Waals surface area (Å²) in [4.78, 5) is 25.9. The fourth-order valence-electron chi connectivity index (χ4n) is 5.07. The van der Waals surface area contributed by atoms with E-state index in [1.54, 1.807) is 23.9 Å². The van der Waals surface area contributed by atoms with E-state index in [1.165, 1.54) is 6.20 Å². The average Bonchev–Trinajstić information content (AvgIpc) is 3.39. The number of amides is 2. The van der Waals surface area contributed by atoms with E-state index in [4.69, 9.17) is 50.8 Å². The molecule has 202 valence electrons. The van der Waals surface area contributed by atoms with Gasteiger partial charge in [0, 0.05) is 50.1 Å². The zero-order chi connectivity index (χ0) is 27.0. The number of furan rings is 1. The van der Waals surface area contributed by atoms with Gasteiger partial charge in [0.25, 0.3) is 5.91 Å². The maximum atomic E-state index is 13.3. The summed E-state index contributed by atoms with van der Waals surface area (Å²) in [6.45, 7) is 0.451. The molecule has 1 saturated heterocycles. The predicted molar refractivity (Wildman–Crippen MR) is 148 cm³/mol. The number of halogens is 4. The molecule has 1 aliphatic carbocycles. The Morgan fingerprint density at radius 3 is 2.55 bits per heavy atom. The summed E-state index contributed by atoms with van der Waals surface area (Å²) < 4.78 is 7.16. The van der Waals surface area contributed by atoms with E-state index in [0.717, 1.165) is 24.8 Å². The minimum Gasteiger partial charge on any atom is -0.439 e. The monoisotopic (exact) mass is 597 g/mol. The first-order valence-corrected chi connectivity index (χ1v) is 14.0. The van der Waals surface area contributed by atoms with E-state index >= 15 is 0 Å². The number of rotatable bonds is 7. The van der Waals surface area contributed by atoms with Crippen molar-refractivity contribution in [2.75, 3.05) is 6.54 Å². The number of carbonyl (C=O) groups excluding carboxylic acids is 2. The van der Waals surface area contributed by atoms with Crippen LogP contribution in [-0.2, 0) is 11.8 Å². The second-order valence-corrected chi connectivity index (χ2v) is 11.4. The molecule has 3 N–H and O–H groups in total. The van der Waals surface area contributed by atoms with E-state index in [9.17, 15) is 9.59 Å². The van der Waals surface area contributed by atoms with Crippen LogP contribution in [0.3, 0.4) is 0 Å². The fourth-order valence-corrected chi connectivity index (χ4v) is 5.87. The van der Waals surface area contributed by atoms with Crippen molar-refractivity contribution in [1.29, 1.82) is 0 Å². The lowest BCUT2D eigenvalue weighted by atomic mass is 9.81. The summed E-state index contributed by atoms with van der Waals surface area (Å²) >= 11 is 25.1. The Kier molecular flexibility index (Phi) is 8.26. The molecular weight excluding hydrogens is 572 g/mol. The summed E-state index contributed by atoms with van der Waals surface area (Å²) in [6.07, 6.45) is 5.71. The number of nitrogens with zero attached hydrogens (tertiary/aromatic N) is 2. The third-order valence-electron chi connectivity index (χ3n) is 7.30. The summed E-state index contributed by atoms with van der Waals surface area (Å²) in [7, 11) is 1.72. The first kappa shape index (κ1) is 27.3. The Labute approximate surface area is 240 Å². The number of aryl methyl sites for hydroxylation is 1. The maximum absolute atomic E-state index is 13.3. The third kappa shape index (κ3) is 5.84. The lowest BCUT2D eigenvalue weighted by Crippen LogP contribution is -2.54. The first-order valence-electron chi connectivity index (χ1n) is 12.5. The van der Waals surface area contributed by atoms with Crippen LogP contribution >= 0.6 is 46.4 Å². The van der Waals surface area contributed by atoms with Gasteiger partial charge in [0.2, 0.25) is 11.1 Å². The molecule has 8 nitrogen and oxygen atoms in total. The second kappa shape index (κ2) is 11.5. The molecule has 12 heteroatoms. The molecule has 1 aromatic carbocycles. The molecule has 2 aliphatic rings. The molecular formula is C26H27Cl4N5O3. The normalized spacial score (nSPS) is 21.7. The van der Waals surface area contributed by atoms with Crippen LogP contribution < -0.4 is 16.0 Å². The van der Waals surface area contributed by atoms with Gasteiger partial charge >= 0.3 is 0 Å². The summed E-state index contributed by atoms with van der Waals surface area (Å²) in [5.74, 6) is -0.450. The smallest absolute Gasteiger partial charge is 0.287 e. The molecule has 0 unspecified atom stereocenters. The van der Waals surface area contributed by atoms with Gasteiger partial charge in [-0.2, -0.15) is 5.10 Å². The highest BCUT2D eigenvalue weighted by Gasteiger charge is 2.35. The van der Waals surface area contributed by atoms with Gasteiger partial charge in [-0.25, -0.2) is 0 Å². The molecule has 0 spiro atoms. The SMILES string of the molecule is Cn1ncc(Cl)c1-c1cc(C(=O)N[C@@H]2CN[C@H](CC(=O)NC3CCC3)C[C@H]2c2ccc(Cl)c(Cl)c2)oc1Cl. The zero-order valence-electron chi connectivity index (χ0n) is 20.6. The molecule has 2 amide bonds. The van der Waals surface area contributed by atoms with Crippen molar-refractivity contribution in [3.8, 4) is 11.3 Å². The molecule has 1 aliphatic heterocycles. The summed E-state index contributed by atoms with van der Waals surface area (Å²) in [5.41, 5.74) is 1.95. The quantitative estimate of drug-likeness (QED) is 0.329. The van der Waals surface area contributed by atoms with Gasteiger partial charge in [-0.1, -0.05) is 40.9 Å². The van der Waals surface area contributed by atoms with Gasteiger partial charge in [0.1, 0.15) is 0 Å². The Balaban J connectivity index is 1.33. The molecule has 3 heterocycles. The van der Waals surface area contributed by atoms with Crippen LogP contribution in [0.25, 0.3) is 11.3 Å². The number of hydrogen-bond donors (Lipinski definition) is 3. The van der Waals surface area contributed by atoms with Crippen molar-refractivity contribution in [2.45, 2.75) is 56.1 Å². The highest BCUT2D eigenvalue weighted by atomic mass is 35.5. The van der Waals surface area contributed by atoms with Crippen LogP contribution in [0.1, 0.15) is 54.1 Å². The van der Waals surface area contributed by atoms with Gasteiger partial charge in [0.05, 0.1) is 32.5 Å². The number of aromatic nitrogens is 2. The van der Waals surface area contributed by atoms with Gasteiger partial charge < -0.3 is 20.4 Å². The molecule has 0 bridgehead atoms. The van der Waals surface area contributed by atoms with Crippen LogP contribution in [0.5, 0.6) is 0 Å². The number of benzene rings is 1. The van der Waals surface area contributed by atoms with Gasteiger partial charge in [0.15, 0.2) is 5.76 Å². The van der Waals surface area contributed by atoms with Crippen molar-refractivity contribution in [3.63, 3.8) is 0 Å². The second-order valence-electron chi connectivity index (χ2n) is 9.86. The average molecular weight is 599 g/mol. The molecule has 1 saturated carbocycles. The van der Waals surface area contributed by atoms with E-state index in [2.05, 4.69) is 21.0 Å². The number of nitrogens with one attached hydrogen (secondary N) is 3. The molecule has 5 rings (SSSR count). The Hall–Kier alpha value is -2.23. The van der Waals surface area contributed by atoms with Crippen LogP contribution in [0, 0.1) is 0 Å². The van der Waals surface area contributed by atoms with Crippen molar-refractivity contribution in [2.24, 2.45) is 7.05 Å². The van der Waals surface area contributed by atoms with Crippen LogP contribution in [0.4, 0.5) is 0 Å². The van der Waals surface area contributed by atoms with E-state index in [-0.39, 0.29) is 40.9 Å². The van der Waals surface area contributed by atoms with E-state index in [1.807, 2.05) is 12.1 Å². The summed E-state index contributed by atoms with van der Waals surface area (Å²) in [6, 6.07) is 6.94. The number of piperidine rings is 1. The molecule has 0 radical (unpaired) electrons. The van der Waals surface area contributed by atoms with Crippen molar-refractivity contribution >= 4 is 58.2 Å². The first-order chi connectivity index (χ1) is 18.2. The largest absolute Gasteiger partial charge is 0.439 e. The van der Waals surface area contributed by atoms with Gasteiger partial charge in [-0.15, -0.1) is 0 Å². The fraction of sp³-hybridized carbons (Fsp3) is 0.423.